The number of aromatic nitrogens is 2. The van der Waals surface area contributed by atoms with E-state index in [0.717, 1.165) is 5.69 Å². The first-order valence-electron chi connectivity index (χ1n) is 5.98. The van der Waals surface area contributed by atoms with Gasteiger partial charge >= 0.3 is 5.97 Å². The van der Waals surface area contributed by atoms with Gasteiger partial charge < -0.3 is 5.11 Å². The Bertz CT molecular complexity index is 595. The Morgan fingerprint density at radius 3 is 2.50 bits per heavy atom. The minimum Gasteiger partial charge on any atom is -0.481 e. The van der Waals surface area contributed by atoms with Gasteiger partial charge in [-0.2, -0.15) is 5.10 Å². The normalized spacial score (nSPS) is 16.5. The second-order valence-electron chi connectivity index (χ2n) is 4.87. The van der Waals surface area contributed by atoms with Crippen LogP contribution in [0.5, 0.6) is 0 Å². The Morgan fingerprint density at radius 2 is 1.94 bits per heavy atom. The van der Waals surface area contributed by atoms with Crippen LogP contribution in [0.25, 0.3) is 5.69 Å². The van der Waals surface area contributed by atoms with Crippen LogP contribution in [0.1, 0.15) is 24.1 Å². The standard InChI is InChI=1S/C14H14N2O2/c1-10-2-4-11(5-3-10)16-9-6-12(15-16)14(7-8-14)13(17)18/h2-6,9H,7-8H2,1H3,(H,17,18). The number of nitrogens with zero attached hydrogens (tertiary/aromatic N) is 2. The largest absolute Gasteiger partial charge is 0.481 e. The summed E-state index contributed by atoms with van der Waals surface area (Å²) in [5, 5.41) is 13.6. The fraction of sp³-hybridized carbons (Fsp3) is 0.286. The van der Waals surface area contributed by atoms with E-state index >= 15 is 0 Å². The fourth-order valence-corrected chi connectivity index (χ4v) is 2.13. The maximum absolute atomic E-state index is 11.2. The predicted molar refractivity (Wildman–Crippen MR) is 66.8 cm³/mol. The van der Waals surface area contributed by atoms with Crippen molar-refractivity contribution in [1.82, 2.24) is 9.78 Å². The van der Waals surface area contributed by atoms with E-state index < -0.39 is 11.4 Å². The lowest BCUT2D eigenvalue weighted by molar-refractivity contribution is -0.140. The van der Waals surface area contributed by atoms with E-state index in [1.807, 2.05) is 37.4 Å². The van der Waals surface area contributed by atoms with Crippen molar-refractivity contribution in [3.63, 3.8) is 0 Å². The monoisotopic (exact) mass is 242 g/mol. The number of carboxylic acids is 1. The van der Waals surface area contributed by atoms with Crippen LogP contribution >= 0.6 is 0 Å². The number of carboxylic acid groups (broad SMARTS) is 1. The van der Waals surface area contributed by atoms with Gasteiger partial charge in [-0.3, -0.25) is 4.79 Å². The van der Waals surface area contributed by atoms with Crippen molar-refractivity contribution in [3.05, 3.63) is 47.8 Å². The summed E-state index contributed by atoms with van der Waals surface area (Å²) >= 11 is 0. The predicted octanol–water partition coefficient (Wildman–Crippen LogP) is 2.30. The van der Waals surface area contributed by atoms with Crippen molar-refractivity contribution in [2.45, 2.75) is 25.2 Å². The SMILES string of the molecule is Cc1ccc(-n2ccc(C3(C(=O)O)CC3)n2)cc1. The van der Waals surface area contributed by atoms with Gasteiger partial charge in [-0.1, -0.05) is 17.7 Å². The zero-order chi connectivity index (χ0) is 12.8. The molecule has 3 rings (SSSR count). The maximum Gasteiger partial charge on any atom is 0.315 e. The second-order valence-corrected chi connectivity index (χ2v) is 4.87. The summed E-state index contributed by atoms with van der Waals surface area (Å²) in [7, 11) is 0. The molecule has 0 radical (unpaired) electrons. The van der Waals surface area contributed by atoms with Crippen LogP contribution in [0.2, 0.25) is 0 Å². The van der Waals surface area contributed by atoms with E-state index in [1.54, 1.807) is 10.7 Å². The molecule has 1 heterocycles. The van der Waals surface area contributed by atoms with Crippen molar-refractivity contribution < 1.29 is 9.90 Å². The van der Waals surface area contributed by atoms with Crippen molar-refractivity contribution in [2.24, 2.45) is 0 Å². The number of hydrogen-bond acceptors (Lipinski definition) is 2. The quantitative estimate of drug-likeness (QED) is 0.898. The van der Waals surface area contributed by atoms with Crippen LogP contribution in [-0.4, -0.2) is 20.9 Å². The van der Waals surface area contributed by atoms with Gasteiger partial charge in [0.05, 0.1) is 11.4 Å². The number of aliphatic carboxylic acids is 1. The first kappa shape index (κ1) is 11.0. The molecule has 4 nitrogen and oxygen atoms in total. The third-order valence-electron chi connectivity index (χ3n) is 3.54. The number of benzene rings is 1. The number of carbonyl (C=O) groups is 1. The van der Waals surface area contributed by atoms with Crippen molar-refractivity contribution in [2.75, 3.05) is 0 Å². The van der Waals surface area contributed by atoms with Gasteiger partial charge in [-0.25, -0.2) is 4.68 Å². The van der Waals surface area contributed by atoms with E-state index in [2.05, 4.69) is 5.10 Å². The lowest BCUT2D eigenvalue weighted by atomic mass is 10.0. The molecule has 0 bridgehead atoms. The first-order valence-corrected chi connectivity index (χ1v) is 5.98. The molecule has 0 saturated heterocycles. The van der Waals surface area contributed by atoms with E-state index in [4.69, 9.17) is 0 Å². The van der Waals surface area contributed by atoms with Crippen LogP contribution in [0, 0.1) is 6.92 Å². The van der Waals surface area contributed by atoms with Gasteiger partial charge in [-0.05, 0) is 38.0 Å². The average Bonchev–Trinajstić information content (AvgIpc) is 3.03. The minimum atomic E-state index is -0.767. The van der Waals surface area contributed by atoms with E-state index in [0.29, 0.717) is 18.5 Å². The highest BCUT2D eigenvalue weighted by atomic mass is 16.4. The van der Waals surface area contributed by atoms with E-state index in [1.165, 1.54) is 5.56 Å². The van der Waals surface area contributed by atoms with Crippen LogP contribution in [0.3, 0.4) is 0 Å². The highest BCUT2D eigenvalue weighted by Gasteiger charge is 2.53. The van der Waals surface area contributed by atoms with Crippen LogP contribution in [-0.2, 0) is 10.2 Å². The molecule has 4 heteroatoms. The summed E-state index contributed by atoms with van der Waals surface area (Å²) in [6.45, 7) is 2.03. The molecule has 2 aromatic rings. The van der Waals surface area contributed by atoms with Gasteiger partial charge in [0.1, 0.15) is 5.41 Å². The molecule has 1 aromatic carbocycles. The maximum atomic E-state index is 11.2. The van der Waals surface area contributed by atoms with Crippen LogP contribution in [0.4, 0.5) is 0 Å². The highest BCUT2D eigenvalue weighted by molar-refractivity contribution is 5.84. The highest BCUT2D eigenvalue weighted by Crippen LogP contribution is 2.47. The molecule has 1 fully saturated rings. The average molecular weight is 242 g/mol. The first-order chi connectivity index (χ1) is 8.62. The van der Waals surface area contributed by atoms with E-state index in [9.17, 15) is 9.90 Å². The molecule has 0 aliphatic heterocycles. The molecule has 1 saturated carbocycles. The molecule has 1 aliphatic rings. The van der Waals surface area contributed by atoms with E-state index in [-0.39, 0.29) is 0 Å². The molecule has 0 atom stereocenters. The zero-order valence-corrected chi connectivity index (χ0v) is 10.1. The summed E-state index contributed by atoms with van der Waals surface area (Å²) in [4.78, 5) is 11.2. The number of rotatable bonds is 3. The summed E-state index contributed by atoms with van der Waals surface area (Å²) in [6.07, 6.45) is 3.20. The lowest BCUT2D eigenvalue weighted by Gasteiger charge is -2.05. The second kappa shape index (κ2) is 3.70. The van der Waals surface area contributed by atoms with Crippen LogP contribution < -0.4 is 0 Å². The fourth-order valence-electron chi connectivity index (χ4n) is 2.13. The van der Waals surface area contributed by atoms with Gasteiger partial charge in [0.2, 0.25) is 0 Å². The van der Waals surface area contributed by atoms with Gasteiger partial charge in [0.25, 0.3) is 0 Å². The van der Waals surface area contributed by atoms with Gasteiger partial charge in [0.15, 0.2) is 0 Å². The Balaban J connectivity index is 1.95. The molecule has 0 unspecified atom stereocenters. The number of aryl methyl sites for hydroxylation is 1. The Hall–Kier alpha value is -2.10. The Labute approximate surface area is 105 Å². The van der Waals surface area contributed by atoms with Gasteiger partial charge in [-0.15, -0.1) is 0 Å². The van der Waals surface area contributed by atoms with Crippen molar-refractivity contribution >= 4 is 5.97 Å². The Morgan fingerprint density at radius 1 is 1.28 bits per heavy atom. The van der Waals surface area contributed by atoms with Crippen molar-refractivity contribution in [3.8, 4) is 5.69 Å². The topological polar surface area (TPSA) is 55.1 Å². The third-order valence-corrected chi connectivity index (χ3v) is 3.54. The number of hydrogen-bond donors (Lipinski definition) is 1. The summed E-state index contributed by atoms with van der Waals surface area (Å²) < 4.78 is 1.73. The van der Waals surface area contributed by atoms with Crippen molar-refractivity contribution in [1.29, 1.82) is 0 Å². The molecule has 1 N–H and O–H groups in total. The summed E-state index contributed by atoms with van der Waals surface area (Å²) in [6, 6.07) is 9.79. The smallest absolute Gasteiger partial charge is 0.315 e. The van der Waals surface area contributed by atoms with Gasteiger partial charge in [0, 0.05) is 6.20 Å². The molecule has 92 valence electrons. The van der Waals surface area contributed by atoms with Crippen LogP contribution in [0.15, 0.2) is 36.5 Å². The molecule has 0 spiro atoms. The lowest BCUT2D eigenvalue weighted by Crippen LogP contribution is -2.20. The molecule has 1 aromatic heterocycles. The molecule has 0 amide bonds. The summed E-state index contributed by atoms with van der Waals surface area (Å²) in [5.74, 6) is -0.767. The molecule has 1 aliphatic carbocycles. The summed E-state index contributed by atoms with van der Waals surface area (Å²) in [5.41, 5.74) is 2.08. The Kier molecular flexibility index (Phi) is 2.26. The zero-order valence-electron chi connectivity index (χ0n) is 10.1. The molecular formula is C14H14N2O2. The third kappa shape index (κ3) is 1.61. The minimum absolute atomic E-state index is 0.663. The molecule has 18 heavy (non-hydrogen) atoms. The molecular weight excluding hydrogens is 228 g/mol.